The number of carbonyl (C=O) groups is 6. The second-order valence-corrected chi connectivity index (χ2v) is 23.9. The molecule has 18 heteroatoms. The molecule has 470 valence electrons. The number of thiazole rings is 1. The molecule has 3 aromatic carbocycles. The van der Waals surface area contributed by atoms with Crippen molar-refractivity contribution in [3.63, 3.8) is 0 Å². The maximum Gasteiger partial charge on any atom is 0.330 e. The fourth-order valence-corrected chi connectivity index (χ4v) is 12.1. The Morgan fingerprint density at radius 2 is 1.10 bits per heavy atom. The third-order valence-electron chi connectivity index (χ3n) is 16.4. The van der Waals surface area contributed by atoms with Crippen molar-refractivity contribution >= 4 is 74.8 Å². The van der Waals surface area contributed by atoms with Crippen LogP contribution in [0.5, 0.6) is 17.2 Å². The van der Waals surface area contributed by atoms with Crippen molar-refractivity contribution in [1.29, 1.82) is 0 Å². The lowest BCUT2D eigenvalue weighted by Crippen LogP contribution is -2.30. The Labute approximate surface area is 521 Å². The monoisotopic (exact) mass is 1220 g/mol. The number of rotatable bonds is 34. The molecule has 8 rings (SSSR count). The predicted molar refractivity (Wildman–Crippen MR) is 338 cm³/mol. The zero-order valence-electron chi connectivity index (χ0n) is 50.9. The van der Waals surface area contributed by atoms with Gasteiger partial charge in [-0.2, -0.15) is 5.10 Å². The lowest BCUT2D eigenvalue weighted by Gasteiger charge is -2.29. The first kappa shape index (κ1) is 66.1. The number of carbonyl (C=O) groups excluding carboxylic acids is 6. The van der Waals surface area contributed by atoms with Gasteiger partial charge in [0.1, 0.15) is 28.8 Å². The molecule has 17 nitrogen and oxygen atoms in total. The van der Waals surface area contributed by atoms with Crippen LogP contribution in [0.15, 0.2) is 127 Å². The van der Waals surface area contributed by atoms with E-state index in [4.69, 9.17) is 48.0 Å². The number of hydrazone groups is 1. The zero-order chi connectivity index (χ0) is 61.9. The van der Waals surface area contributed by atoms with Crippen molar-refractivity contribution in [2.24, 2.45) is 34.7 Å². The molecule has 4 aliphatic rings. The summed E-state index contributed by atoms with van der Waals surface area (Å²) in [6.45, 7) is 11.5. The van der Waals surface area contributed by atoms with Gasteiger partial charge in [-0.1, -0.05) is 68.9 Å². The minimum absolute atomic E-state index is 0.283. The first-order valence-electron chi connectivity index (χ1n) is 31.7. The number of esters is 6. The van der Waals surface area contributed by atoms with Crippen LogP contribution < -0.4 is 19.2 Å². The normalized spacial score (nSPS) is 19.0. The average molecular weight is 1220 g/mol. The largest absolute Gasteiger partial charge is 0.498 e. The molecule has 0 N–H and O–H groups in total. The van der Waals surface area contributed by atoms with Crippen molar-refractivity contribution in [1.82, 2.24) is 4.98 Å². The van der Waals surface area contributed by atoms with E-state index in [-0.39, 0.29) is 41.6 Å². The van der Waals surface area contributed by atoms with Crippen molar-refractivity contribution in [2.75, 3.05) is 38.0 Å². The number of nitrogens with zero attached hydrogens (tertiary/aromatic N) is 3. The summed E-state index contributed by atoms with van der Waals surface area (Å²) in [6.07, 6.45) is 26.5. The fourth-order valence-electron chi connectivity index (χ4n) is 11.1. The van der Waals surface area contributed by atoms with Crippen LogP contribution in [0, 0.1) is 29.6 Å². The van der Waals surface area contributed by atoms with Crippen LogP contribution in [0.4, 0.5) is 5.13 Å². The Kier molecular flexibility index (Phi) is 26.5. The number of benzene rings is 3. The summed E-state index contributed by atoms with van der Waals surface area (Å²) in [5.41, 5.74) is 2.63. The van der Waals surface area contributed by atoms with E-state index in [1.165, 1.54) is 6.08 Å². The molecule has 88 heavy (non-hydrogen) atoms. The van der Waals surface area contributed by atoms with Gasteiger partial charge in [0.25, 0.3) is 0 Å². The highest BCUT2D eigenvalue weighted by Gasteiger charge is 2.36. The Morgan fingerprint density at radius 1 is 0.580 bits per heavy atom. The van der Waals surface area contributed by atoms with Crippen LogP contribution in [0.25, 0.3) is 16.3 Å². The molecule has 2 saturated carbocycles. The highest BCUT2D eigenvalue weighted by atomic mass is 32.1. The Morgan fingerprint density at radius 3 is 1.69 bits per heavy atom. The third kappa shape index (κ3) is 20.9. The Balaban J connectivity index is 0.837. The lowest BCUT2D eigenvalue weighted by molar-refractivity contribution is -0.151. The van der Waals surface area contributed by atoms with E-state index in [1.807, 2.05) is 53.7 Å². The fraction of sp³-hybridized carbons (Fsp3) is 0.486. The molecule has 0 radical (unpaired) electrons. The van der Waals surface area contributed by atoms with Gasteiger partial charge in [0.15, 0.2) is 0 Å². The first-order chi connectivity index (χ1) is 42.9. The number of ether oxygens (including phenoxy) is 8. The standard InChI is InChI=1S/C70H85N3O14S/c1-4-7-8-15-40-73(70-72-61-20-13-14-21-63(61)88-70)71-48-55-45-54-46-60(86-68(78)51-24-22-49(23-25-51)66(76)84-58-36-32-56(33-37-58)80-41-16-9-11-18-43-82-64(74)5-2)31-30-53(54)47-62(55)87-69(79)52-28-26-50(27-29-52)67(77)85-59-38-34-57(35-39-59)81-42-17-10-12-19-44-83-65(75)6-3/h5-6,13-14,20-21,30-34,36-38,46-52,55H,2-4,7-12,15-19,22-29,35,39-45H2,1H3/b71-48+. The molecule has 1 atom stereocenters. The average Bonchev–Trinajstić information content (AvgIpc) is 2.24. The summed E-state index contributed by atoms with van der Waals surface area (Å²) in [6, 6.07) is 20.5. The molecule has 0 spiro atoms. The number of aromatic nitrogens is 1. The van der Waals surface area contributed by atoms with Crippen molar-refractivity contribution in [2.45, 2.75) is 155 Å². The summed E-state index contributed by atoms with van der Waals surface area (Å²) in [7, 11) is 0. The maximum atomic E-state index is 14.2. The summed E-state index contributed by atoms with van der Waals surface area (Å²) in [4.78, 5) is 81.9. The smallest absolute Gasteiger partial charge is 0.330 e. The number of fused-ring (bicyclic) bond motifs is 2. The van der Waals surface area contributed by atoms with E-state index < -0.39 is 23.8 Å². The molecule has 4 aliphatic carbocycles. The molecule has 2 fully saturated rings. The van der Waals surface area contributed by atoms with Gasteiger partial charge in [-0.05, 0) is 193 Å². The van der Waals surface area contributed by atoms with Crippen LogP contribution in [0.1, 0.15) is 159 Å². The second-order valence-electron chi connectivity index (χ2n) is 22.9. The van der Waals surface area contributed by atoms with E-state index in [0.29, 0.717) is 132 Å². The van der Waals surface area contributed by atoms with Crippen LogP contribution in [0.2, 0.25) is 0 Å². The van der Waals surface area contributed by atoms with Gasteiger partial charge in [0, 0.05) is 37.8 Å². The SMILES string of the molecule is C=CC(=O)OCCCCCCOC1=CC=C(OC(=O)C2CCC(C(=O)OC3=Cc4ccc(OC(=O)C5CCC(C(=O)Oc6ccc(OCCCCCCOC(=O)C=C)cc6)CC5)cc4CC3/C=N/N(CCCCCC)c3nc4ccccc4s3)CC2)CC1. The minimum atomic E-state index is -0.450. The third-order valence-corrected chi connectivity index (χ3v) is 17.4. The zero-order valence-corrected chi connectivity index (χ0v) is 51.7. The highest BCUT2D eigenvalue weighted by molar-refractivity contribution is 7.22. The van der Waals surface area contributed by atoms with Crippen LogP contribution in [-0.2, 0) is 58.9 Å². The Bertz CT molecular complexity index is 3090. The summed E-state index contributed by atoms with van der Waals surface area (Å²) in [5, 5.41) is 7.81. The number of para-hydroxylation sites is 1. The predicted octanol–water partition coefficient (Wildman–Crippen LogP) is 14.6. The van der Waals surface area contributed by atoms with E-state index >= 15 is 0 Å². The molecule has 0 bridgehead atoms. The number of hydrogen-bond acceptors (Lipinski definition) is 18. The van der Waals surface area contributed by atoms with E-state index in [1.54, 1.807) is 47.7 Å². The summed E-state index contributed by atoms with van der Waals surface area (Å²) >= 11 is 1.58. The van der Waals surface area contributed by atoms with Crippen LogP contribution in [-0.4, -0.2) is 80.0 Å². The van der Waals surface area contributed by atoms with Gasteiger partial charge in [-0.25, -0.2) is 19.6 Å². The topological polar surface area (TPSA) is 205 Å². The van der Waals surface area contributed by atoms with E-state index in [9.17, 15) is 28.8 Å². The molecule has 1 heterocycles. The quantitative estimate of drug-likeness (QED) is 0.00811. The van der Waals surface area contributed by atoms with Crippen LogP contribution in [0.3, 0.4) is 0 Å². The van der Waals surface area contributed by atoms with E-state index in [0.717, 1.165) is 115 Å². The van der Waals surface area contributed by atoms with Crippen molar-refractivity contribution in [3.05, 3.63) is 133 Å². The van der Waals surface area contributed by atoms with Gasteiger partial charge in [0.2, 0.25) is 5.13 Å². The number of allylic oxidation sites excluding steroid dienone is 5. The van der Waals surface area contributed by atoms with Gasteiger partial charge >= 0.3 is 35.8 Å². The van der Waals surface area contributed by atoms with Gasteiger partial charge in [-0.15, -0.1) is 0 Å². The van der Waals surface area contributed by atoms with Gasteiger partial charge in [-0.3, -0.25) is 19.2 Å². The summed E-state index contributed by atoms with van der Waals surface area (Å²) < 4.78 is 46.9. The molecular weight excluding hydrogens is 1140 g/mol. The number of hydrogen-bond donors (Lipinski definition) is 0. The molecule has 0 aliphatic heterocycles. The molecule has 1 unspecified atom stereocenters. The van der Waals surface area contributed by atoms with E-state index in [2.05, 4.69) is 26.1 Å². The molecule has 4 aromatic rings. The maximum absolute atomic E-state index is 14.2. The first-order valence-corrected chi connectivity index (χ1v) is 32.5. The molecule has 0 amide bonds. The number of unbranched alkanes of at least 4 members (excludes halogenated alkanes) is 9. The van der Waals surface area contributed by atoms with Crippen molar-refractivity contribution < 1.29 is 66.7 Å². The van der Waals surface area contributed by atoms with Crippen molar-refractivity contribution in [3.8, 4) is 17.2 Å². The molecule has 1 aromatic heterocycles. The van der Waals surface area contributed by atoms with Crippen LogP contribution >= 0.6 is 11.3 Å². The Hall–Kier alpha value is -7.86. The lowest BCUT2D eigenvalue weighted by atomic mass is 9.82. The molecule has 0 saturated heterocycles. The highest BCUT2D eigenvalue weighted by Crippen LogP contribution is 2.38. The van der Waals surface area contributed by atoms with Gasteiger partial charge < -0.3 is 37.9 Å². The second kappa shape index (κ2) is 35.2. The number of anilines is 1. The molecular formula is C70H85N3O14S. The summed E-state index contributed by atoms with van der Waals surface area (Å²) in [5.74, 6) is -0.597. The minimum Gasteiger partial charge on any atom is -0.498 e. The van der Waals surface area contributed by atoms with Gasteiger partial charge in [0.05, 0.1) is 72.0 Å².